The van der Waals surface area contributed by atoms with E-state index >= 15 is 0 Å². The van der Waals surface area contributed by atoms with Crippen molar-refractivity contribution in [2.24, 2.45) is 5.16 Å². The molecule has 0 atom stereocenters. The van der Waals surface area contributed by atoms with Crippen LogP contribution in [0.2, 0.25) is 0 Å². The quantitative estimate of drug-likeness (QED) is 0.500. The number of rotatable bonds is 4. The highest BCUT2D eigenvalue weighted by Gasteiger charge is 2.11. The van der Waals surface area contributed by atoms with Crippen molar-refractivity contribution in [2.45, 2.75) is 19.9 Å². The predicted octanol–water partition coefficient (Wildman–Crippen LogP) is 1.78. The number of oxime groups is 1. The molecule has 2 aromatic rings. The largest absolute Gasteiger partial charge is 0.411 e. The first-order valence-corrected chi connectivity index (χ1v) is 5.83. The van der Waals surface area contributed by atoms with Gasteiger partial charge in [0.1, 0.15) is 18.4 Å². The monoisotopic (exact) mass is 236 g/mol. The van der Waals surface area contributed by atoms with E-state index in [4.69, 9.17) is 5.21 Å². The molecule has 84 valence electrons. The molecule has 2 rings (SSSR count). The summed E-state index contributed by atoms with van der Waals surface area (Å²) in [5.74, 6) is 0. The lowest BCUT2D eigenvalue weighted by molar-refractivity contribution is 0.317. The third-order valence-corrected chi connectivity index (χ3v) is 3.34. The van der Waals surface area contributed by atoms with E-state index in [1.165, 1.54) is 11.2 Å². The van der Waals surface area contributed by atoms with Gasteiger partial charge in [-0.1, -0.05) is 12.1 Å². The molecular formula is C10H12N4OS. The SMILES string of the molecule is CCc1sccc1C(Cn1cncn1)=NO. The fraction of sp³-hybridized carbons (Fsp3) is 0.300. The molecule has 0 amide bonds. The summed E-state index contributed by atoms with van der Waals surface area (Å²) >= 11 is 1.67. The first kappa shape index (κ1) is 10.8. The van der Waals surface area contributed by atoms with Gasteiger partial charge in [0, 0.05) is 10.4 Å². The van der Waals surface area contributed by atoms with Crippen molar-refractivity contribution in [1.82, 2.24) is 14.8 Å². The smallest absolute Gasteiger partial charge is 0.137 e. The summed E-state index contributed by atoms with van der Waals surface area (Å²) in [6.45, 7) is 2.51. The molecule has 6 heteroatoms. The molecule has 0 aliphatic rings. The number of nitrogens with zero attached hydrogens (tertiary/aromatic N) is 4. The molecular weight excluding hydrogens is 224 g/mol. The van der Waals surface area contributed by atoms with Crippen molar-refractivity contribution in [3.8, 4) is 0 Å². The Morgan fingerprint density at radius 3 is 3.12 bits per heavy atom. The summed E-state index contributed by atoms with van der Waals surface area (Å²) in [5.41, 5.74) is 1.61. The van der Waals surface area contributed by atoms with Gasteiger partial charge < -0.3 is 5.21 Å². The number of aromatic nitrogens is 3. The molecule has 5 nitrogen and oxygen atoms in total. The molecule has 0 bridgehead atoms. The standard InChI is InChI=1S/C10H12N4OS/c1-2-10-8(3-4-16-10)9(13-15)5-14-7-11-6-12-14/h3-4,6-7,15H,2,5H2,1H3. The molecule has 0 aromatic carbocycles. The van der Waals surface area contributed by atoms with E-state index in [1.54, 1.807) is 22.3 Å². The Kier molecular flexibility index (Phi) is 3.31. The Hall–Kier alpha value is -1.69. The van der Waals surface area contributed by atoms with Crippen LogP contribution in [0.1, 0.15) is 17.4 Å². The second-order valence-corrected chi connectivity index (χ2v) is 4.25. The van der Waals surface area contributed by atoms with Crippen LogP contribution < -0.4 is 0 Å². The van der Waals surface area contributed by atoms with Gasteiger partial charge in [-0.05, 0) is 17.9 Å². The molecule has 0 spiro atoms. The van der Waals surface area contributed by atoms with Gasteiger partial charge in [-0.3, -0.25) is 0 Å². The van der Waals surface area contributed by atoms with Crippen LogP contribution >= 0.6 is 11.3 Å². The van der Waals surface area contributed by atoms with E-state index in [0.29, 0.717) is 12.3 Å². The molecule has 2 aromatic heterocycles. The van der Waals surface area contributed by atoms with Gasteiger partial charge in [0.05, 0.1) is 6.54 Å². The highest BCUT2D eigenvalue weighted by molar-refractivity contribution is 7.10. The third kappa shape index (κ3) is 2.11. The van der Waals surface area contributed by atoms with Crippen LogP contribution in [0.25, 0.3) is 0 Å². The Bertz CT molecular complexity index is 475. The summed E-state index contributed by atoms with van der Waals surface area (Å²) in [6.07, 6.45) is 4.00. The predicted molar refractivity (Wildman–Crippen MR) is 62.0 cm³/mol. The van der Waals surface area contributed by atoms with E-state index in [1.807, 2.05) is 11.4 Å². The number of aryl methyl sites for hydroxylation is 1. The zero-order chi connectivity index (χ0) is 11.4. The van der Waals surface area contributed by atoms with E-state index in [-0.39, 0.29) is 0 Å². The van der Waals surface area contributed by atoms with Gasteiger partial charge in [-0.15, -0.1) is 11.3 Å². The van der Waals surface area contributed by atoms with Crippen LogP contribution in [-0.4, -0.2) is 25.7 Å². The van der Waals surface area contributed by atoms with Gasteiger partial charge in [-0.2, -0.15) is 5.10 Å². The molecule has 1 N–H and O–H groups in total. The summed E-state index contributed by atoms with van der Waals surface area (Å²) in [5, 5.41) is 18.4. The molecule has 0 saturated heterocycles. The highest BCUT2D eigenvalue weighted by atomic mass is 32.1. The van der Waals surface area contributed by atoms with E-state index in [0.717, 1.165) is 12.0 Å². The molecule has 0 saturated carbocycles. The zero-order valence-corrected chi connectivity index (χ0v) is 9.68. The maximum absolute atomic E-state index is 9.05. The van der Waals surface area contributed by atoms with Crippen molar-refractivity contribution in [1.29, 1.82) is 0 Å². The summed E-state index contributed by atoms with van der Waals surface area (Å²) < 4.78 is 1.63. The minimum Gasteiger partial charge on any atom is -0.411 e. The minimum absolute atomic E-state index is 0.431. The van der Waals surface area contributed by atoms with Crippen molar-refractivity contribution >= 4 is 17.0 Å². The van der Waals surface area contributed by atoms with Crippen LogP contribution in [0, 0.1) is 0 Å². The zero-order valence-electron chi connectivity index (χ0n) is 8.87. The second-order valence-electron chi connectivity index (χ2n) is 3.25. The van der Waals surface area contributed by atoms with Crippen molar-refractivity contribution < 1.29 is 5.21 Å². The molecule has 0 radical (unpaired) electrons. The average molecular weight is 236 g/mol. The van der Waals surface area contributed by atoms with Gasteiger partial charge in [0.15, 0.2) is 0 Å². The first-order chi connectivity index (χ1) is 7.85. The molecule has 0 unspecified atom stereocenters. The Balaban J connectivity index is 2.24. The summed E-state index contributed by atoms with van der Waals surface area (Å²) in [6, 6.07) is 1.97. The van der Waals surface area contributed by atoms with Crippen molar-refractivity contribution in [3.05, 3.63) is 34.5 Å². The van der Waals surface area contributed by atoms with E-state index in [9.17, 15) is 0 Å². The van der Waals surface area contributed by atoms with Gasteiger partial charge in [-0.25, -0.2) is 9.67 Å². The average Bonchev–Trinajstić information content (AvgIpc) is 2.96. The number of thiophene rings is 1. The van der Waals surface area contributed by atoms with Crippen LogP contribution in [0.5, 0.6) is 0 Å². The number of hydrogen-bond donors (Lipinski definition) is 1. The molecule has 0 aliphatic carbocycles. The normalized spacial score (nSPS) is 11.9. The van der Waals surface area contributed by atoms with Crippen LogP contribution in [0.3, 0.4) is 0 Å². The van der Waals surface area contributed by atoms with Gasteiger partial charge in [0.2, 0.25) is 0 Å². The minimum atomic E-state index is 0.431. The van der Waals surface area contributed by atoms with Crippen LogP contribution in [0.15, 0.2) is 29.3 Å². The molecule has 0 aliphatic heterocycles. The van der Waals surface area contributed by atoms with Crippen LogP contribution in [-0.2, 0) is 13.0 Å². The van der Waals surface area contributed by atoms with Gasteiger partial charge in [0.25, 0.3) is 0 Å². The third-order valence-electron chi connectivity index (χ3n) is 2.28. The Morgan fingerprint density at radius 1 is 1.62 bits per heavy atom. The van der Waals surface area contributed by atoms with Crippen molar-refractivity contribution in [2.75, 3.05) is 0 Å². The summed E-state index contributed by atoms with van der Waals surface area (Å²) in [4.78, 5) is 5.07. The lowest BCUT2D eigenvalue weighted by atomic mass is 10.1. The number of hydrogen-bond acceptors (Lipinski definition) is 5. The fourth-order valence-electron chi connectivity index (χ4n) is 1.51. The van der Waals surface area contributed by atoms with Crippen molar-refractivity contribution in [3.63, 3.8) is 0 Å². The van der Waals surface area contributed by atoms with Gasteiger partial charge >= 0.3 is 0 Å². The first-order valence-electron chi connectivity index (χ1n) is 4.95. The lowest BCUT2D eigenvalue weighted by Crippen LogP contribution is -2.12. The maximum atomic E-state index is 9.05. The van der Waals surface area contributed by atoms with Crippen LogP contribution in [0.4, 0.5) is 0 Å². The topological polar surface area (TPSA) is 63.3 Å². The Morgan fingerprint density at radius 2 is 2.50 bits per heavy atom. The fourth-order valence-corrected chi connectivity index (χ4v) is 2.36. The lowest BCUT2D eigenvalue weighted by Gasteiger charge is -2.04. The Labute approximate surface area is 97.1 Å². The van der Waals surface area contributed by atoms with E-state index < -0.39 is 0 Å². The molecule has 16 heavy (non-hydrogen) atoms. The highest BCUT2D eigenvalue weighted by Crippen LogP contribution is 2.18. The molecule has 0 fully saturated rings. The molecule has 2 heterocycles. The maximum Gasteiger partial charge on any atom is 0.137 e. The second kappa shape index (κ2) is 4.89. The van der Waals surface area contributed by atoms with E-state index in [2.05, 4.69) is 22.2 Å². The summed E-state index contributed by atoms with van der Waals surface area (Å²) in [7, 11) is 0.